The molecule has 0 bridgehead atoms. The number of methoxy groups -OCH3 is 1. The Bertz CT molecular complexity index is 943. The smallest absolute Gasteiger partial charge is 0.325 e. The molecule has 0 spiro atoms. The minimum Gasteiger partial charge on any atom is -0.495 e. The number of nitrogens with zero attached hydrogens (tertiary/aromatic N) is 2. The Morgan fingerprint density at radius 3 is 2.59 bits per heavy atom. The lowest BCUT2D eigenvalue weighted by atomic mass is 9.99. The van der Waals surface area contributed by atoms with Gasteiger partial charge in [0.2, 0.25) is 5.13 Å². The van der Waals surface area contributed by atoms with Crippen molar-refractivity contribution in [3.8, 4) is 11.5 Å². The summed E-state index contributed by atoms with van der Waals surface area (Å²) in [7, 11) is 1.55. The zero-order valence-electron chi connectivity index (χ0n) is 16.6. The molecule has 8 heteroatoms. The molecule has 7 nitrogen and oxygen atoms in total. The van der Waals surface area contributed by atoms with E-state index in [2.05, 4.69) is 46.8 Å². The number of benzene rings is 2. The number of hydrogen-bond donors (Lipinski definition) is 2. The van der Waals surface area contributed by atoms with Crippen LogP contribution in [0.5, 0.6) is 11.5 Å². The number of para-hydroxylation sites is 2. The Hall–Kier alpha value is -3.13. The van der Waals surface area contributed by atoms with Crippen molar-refractivity contribution in [3.05, 3.63) is 59.1 Å². The number of carbonyl (C=O) groups excluding carboxylic acids is 1. The maximum Gasteiger partial charge on any atom is 0.325 e. The van der Waals surface area contributed by atoms with Gasteiger partial charge in [-0.3, -0.25) is 5.32 Å². The van der Waals surface area contributed by atoms with Crippen LogP contribution in [0.15, 0.2) is 48.5 Å². The first-order valence-corrected chi connectivity index (χ1v) is 10.2. The highest BCUT2D eigenvalue weighted by atomic mass is 32.1. The van der Waals surface area contributed by atoms with Crippen molar-refractivity contribution >= 4 is 28.2 Å². The summed E-state index contributed by atoms with van der Waals surface area (Å²) in [6, 6.07) is 14.8. The molecule has 2 amide bonds. The van der Waals surface area contributed by atoms with Crippen LogP contribution < -0.4 is 20.1 Å². The van der Waals surface area contributed by atoms with E-state index in [1.165, 1.54) is 16.9 Å². The first-order chi connectivity index (χ1) is 14.1. The van der Waals surface area contributed by atoms with Crippen LogP contribution in [0.2, 0.25) is 0 Å². The molecule has 1 atom stereocenters. The molecule has 3 aromatic rings. The molecule has 0 fully saturated rings. The molecule has 0 saturated heterocycles. The molecule has 1 aromatic heterocycles. The molecule has 3 rings (SSSR count). The van der Waals surface area contributed by atoms with Crippen LogP contribution in [-0.2, 0) is 6.61 Å². The van der Waals surface area contributed by atoms with Crippen molar-refractivity contribution in [2.75, 3.05) is 17.7 Å². The maximum absolute atomic E-state index is 12.2. The number of aromatic nitrogens is 2. The average Bonchev–Trinajstić information content (AvgIpc) is 3.19. The molecule has 0 aliphatic heterocycles. The fourth-order valence-corrected chi connectivity index (χ4v) is 3.28. The average molecular weight is 413 g/mol. The van der Waals surface area contributed by atoms with Crippen LogP contribution in [0.4, 0.5) is 15.6 Å². The van der Waals surface area contributed by atoms with E-state index < -0.39 is 6.03 Å². The Kier molecular flexibility index (Phi) is 7.02. The number of carbonyl (C=O) groups is 1. The van der Waals surface area contributed by atoms with E-state index in [9.17, 15) is 4.79 Å². The zero-order chi connectivity index (χ0) is 20.6. The first-order valence-electron chi connectivity index (χ1n) is 9.35. The predicted molar refractivity (Wildman–Crippen MR) is 115 cm³/mol. The molecule has 152 valence electrons. The molecule has 29 heavy (non-hydrogen) atoms. The first kappa shape index (κ1) is 20.6. The number of rotatable bonds is 8. The largest absolute Gasteiger partial charge is 0.495 e. The fourth-order valence-electron chi connectivity index (χ4n) is 2.63. The van der Waals surface area contributed by atoms with Crippen molar-refractivity contribution in [1.82, 2.24) is 10.2 Å². The van der Waals surface area contributed by atoms with Crippen molar-refractivity contribution < 1.29 is 14.3 Å². The molecule has 0 unspecified atom stereocenters. The van der Waals surface area contributed by atoms with E-state index >= 15 is 0 Å². The van der Waals surface area contributed by atoms with Gasteiger partial charge in [0, 0.05) is 0 Å². The zero-order valence-corrected chi connectivity index (χ0v) is 17.5. The van der Waals surface area contributed by atoms with E-state index in [1.807, 2.05) is 24.3 Å². The van der Waals surface area contributed by atoms with Crippen molar-refractivity contribution in [2.45, 2.75) is 32.8 Å². The van der Waals surface area contributed by atoms with Crippen LogP contribution in [0.1, 0.15) is 36.8 Å². The molecule has 2 aromatic carbocycles. The topological polar surface area (TPSA) is 85.4 Å². The SMILES string of the molecule is CC[C@H](C)c1ccc(OCc2nnc(NC(=O)Nc3ccccc3OC)s2)cc1. The standard InChI is InChI=1S/C21H24N4O3S/c1-4-14(2)15-9-11-16(12-10-15)28-13-19-24-25-21(29-19)23-20(26)22-17-7-5-6-8-18(17)27-3/h5-12,14H,4,13H2,1-3H3,(H2,22,23,25,26)/t14-/m0/s1. The van der Waals surface area contributed by atoms with Crippen LogP contribution >= 0.6 is 11.3 Å². The van der Waals surface area contributed by atoms with Gasteiger partial charge in [-0.1, -0.05) is 49.4 Å². The third-order valence-corrected chi connectivity index (χ3v) is 5.28. The van der Waals surface area contributed by atoms with Crippen LogP contribution in [0, 0.1) is 0 Å². The third-order valence-electron chi connectivity index (χ3n) is 4.47. The maximum atomic E-state index is 12.2. The van der Waals surface area contributed by atoms with Crippen molar-refractivity contribution in [1.29, 1.82) is 0 Å². The van der Waals surface area contributed by atoms with Gasteiger partial charge in [-0.05, 0) is 42.2 Å². The second-order valence-electron chi connectivity index (χ2n) is 6.45. The van der Waals surface area contributed by atoms with E-state index in [4.69, 9.17) is 9.47 Å². The van der Waals surface area contributed by atoms with Crippen molar-refractivity contribution in [2.24, 2.45) is 0 Å². The highest BCUT2D eigenvalue weighted by Crippen LogP contribution is 2.25. The number of hydrogen-bond acceptors (Lipinski definition) is 6. The van der Waals surface area contributed by atoms with Gasteiger partial charge >= 0.3 is 6.03 Å². The number of nitrogens with one attached hydrogen (secondary N) is 2. The molecule has 0 radical (unpaired) electrons. The van der Waals surface area contributed by atoms with Gasteiger partial charge in [0.1, 0.15) is 18.1 Å². The van der Waals surface area contributed by atoms with Crippen molar-refractivity contribution in [3.63, 3.8) is 0 Å². The second kappa shape index (κ2) is 9.88. The fraction of sp³-hybridized carbons (Fsp3) is 0.286. The minimum atomic E-state index is -0.418. The molecule has 0 saturated carbocycles. The summed E-state index contributed by atoms with van der Waals surface area (Å²) in [6.07, 6.45) is 1.10. The van der Waals surface area contributed by atoms with Gasteiger partial charge < -0.3 is 14.8 Å². The van der Waals surface area contributed by atoms with E-state index in [1.54, 1.807) is 19.2 Å². The Balaban J connectivity index is 1.52. The van der Waals surface area contributed by atoms with Gasteiger partial charge in [-0.2, -0.15) is 0 Å². The van der Waals surface area contributed by atoms with E-state index in [0.717, 1.165) is 12.2 Å². The van der Waals surface area contributed by atoms with Gasteiger partial charge in [-0.25, -0.2) is 4.79 Å². The highest BCUT2D eigenvalue weighted by Gasteiger charge is 2.11. The highest BCUT2D eigenvalue weighted by molar-refractivity contribution is 7.15. The minimum absolute atomic E-state index is 0.288. The summed E-state index contributed by atoms with van der Waals surface area (Å²) in [4.78, 5) is 12.2. The number of ether oxygens (including phenoxy) is 2. The molecule has 2 N–H and O–H groups in total. The summed E-state index contributed by atoms with van der Waals surface area (Å²) in [6.45, 7) is 4.67. The summed E-state index contributed by atoms with van der Waals surface area (Å²) in [5, 5.41) is 14.5. The number of amides is 2. The summed E-state index contributed by atoms with van der Waals surface area (Å²) in [5.74, 6) is 1.88. The van der Waals surface area contributed by atoms with E-state index in [-0.39, 0.29) is 6.61 Å². The summed E-state index contributed by atoms with van der Waals surface area (Å²) in [5.41, 5.74) is 1.87. The lowest BCUT2D eigenvalue weighted by Crippen LogP contribution is -2.19. The molecular formula is C21H24N4O3S. The van der Waals surface area contributed by atoms with Gasteiger partial charge in [-0.15, -0.1) is 10.2 Å². The van der Waals surface area contributed by atoms with Crippen LogP contribution in [0.3, 0.4) is 0 Å². The third kappa shape index (κ3) is 5.68. The summed E-state index contributed by atoms with van der Waals surface area (Å²) < 4.78 is 11.0. The molecule has 0 aliphatic rings. The molecule has 1 heterocycles. The Labute approximate surface area is 174 Å². The monoisotopic (exact) mass is 412 g/mol. The Morgan fingerprint density at radius 1 is 1.10 bits per heavy atom. The van der Waals surface area contributed by atoms with Gasteiger partial charge in [0.15, 0.2) is 5.01 Å². The van der Waals surface area contributed by atoms with Gasteiger partial charge in [0.25, 0.3) is 0 Å². The number of anilines is 2. The van der Waals surface area contributed by atoms with Crippen LogP contribution in [0.25, 0.3) is 0 Å². The quantitative estimate of drug-likeness (QED) is 0.525. The second-order valence-corrected chi connectivity index (χ2v) is 7.51. The normalized spacial score (nSPS) is 11.6. The summed E-state index contributed by atoms with van der Waals surface area (Å²) >= 11 is 1.26. The molecular weight excluding hydrogens is 388 g/mol. The van der Waals surface area contributed by atoms with Gasteiger partial charge in [0.05, 0.1) is 12.8 Å². The molecule has 0 aliphatic carbocycles. The lowest BCUT2D eigenvalue weighted by molar-refractivity contribution is 0.262. The number of urea groups is 1. The lowest BCUT2D eigenvalue weighted by Gasteiger charge is -2.10. The Morgan fingerprint density at radius 2 is 1.86 bits per heavy atom. The van der Waals surface area contributed by atoms with E-state index in [0.29, 0.717) is 27.5 Å². The van der Waals surface area contributed by atoms with Crippen LogP contribution in [-0.4, -0.2) is 23.3 Å². The predicted octanol–water partition coefficient (Wildman–Crippen LogP) is 5.28.